The van der Waals surface area contributed by atoms with Crippen LogP contribution in [-0.2, 0) is 13.0 Å². The van der Waals surface area contributed by atoms with E-state index >= 15 is 0 Å². The zero-order valence-electron chi connectivity index (χ0n) is 15.3. The van der Waals surface area contributed by atoms with Crippen LogP contribution in [0.25, 0.3) is 11.4 Å². The van der Waals surface area contributed by atoms with Crippen LogP contribution in [0.1, 0.15) is 47.8 Å². The third kappa shape index (κ3) is 3.12. The Bertz CT molecular complexity index is 1010. The maximum Gasteiger partial charge on any atom is 0.167 e. The van der Waals surface area contributed by atoms with Gasteiger partial charge >= 0.3 is 0 Å². The fraction of sp³-hybridized carbons (Fsp3) is 0.286. The van der Waals surface area contributed by atoms with Crippen molar-refractivity contribution in [3.05, 3.63) is 65.2 Å². The number of Topliss-reactive ketones (excluding diaryl/α,β-unsaturated/α-hetero) is 1. The lowest BCUT2D eigenvalue weighted by molar-refractivity contribution is 0.0990. The molecule has 3 aromatic rings. The molecule has 0 amide bonds. The molecule has 0 atom stereocenters. The molecule has 1 aliphatic rings. The van der Waals surface area contributed by atoms with E-state index in [0.717, 1.165) is 17.0 Å². The van der Waals surface area contributed by atoms with Gasteiger partial charge in [0.2, 0.25) is 0 Å². The molecule has 0 aliphatic heterocycles. The molecule has 0 bridgehead atoms. The predicted octanol–water partition coefficient (Wildman–Crippen LogP) is 4.37. The molecule has 0 saturated carbocycles. The fourth-order valence-corrected chi connectivity index (χ4v) is 3.49. The first-order valence-electron chi connectivity index (χ1n) is 9.01. The maximum atomic E-state index is 13.9. The summed E-state index contributed by atoms with van der Waals surface area (Å²) in [7, 11) is 0. The normalized spacial score (nSPS) is 13.3. The summed E-state index contributed by atoms with van der Waals surface area (Å²) < 4.78 is 21.8. The number of hydrogen-bond donors (Lipinski definition) is 0. The van der Waals surface area contributed by atoms with Crippen LogP contribution in [0.4, 0.5) is 4.39 Å². The number of fused-ring (bicyclic) bond motifs is 1. The van der Waals surface area contributed by atoms with E-state index in [1.54, 1.807) is 12.4 Å². The van der Waals surface area contributed by atoms with Gasteiger partial charge in [-0.2, -0.15) is 5.10 Å². The van der Waals surface area contributed by atoms with Crippen molar-refractivity contribution in [1.82, 2.24) is 14.8 Å². The molecule has 27 heavy (non-hydrogen) atoms. The van der Waals surface area contributed by atoms with Crippen LogP contribution in [0.15, 0.2) is 42.7 Å². The molecule has 6 heteroatoms. The first kappa shape index (κ1) is 17.4. The molecule has 0 N–H and O–H groups in total. The number of ketones is 1. The zero-order valence-corrected chi connectivity index (χ0v) is 15.3. The number of pyridine rings is 1. The number of halogens is 1. The predicted molar refractivity (Wildman–Crippen MR) is 99.2 cm³/mol. The minimum absolute atomic E-state index is 0.0659. The second-order valence-corrected chi connectivity index (χ2v) is 6.88. The van der Waals surface area contributed by atoms with Crippen molar-refractivity contribution >= 4 is 5.78 Å². The summed E-state index contributed by atoms with van der Waals surface area (Å²) in [6.45, 7) is 4.35. The Kier molecular flexibility index (Phi) is 4.48. The number of aromatic nitrogens is 3. The molecular weight excluding hydrogens is 345 g/mol. The number of benzene rings is 1. The standard InChI is InChI=1S/C21H20FN3O2/c1-13(2)25-17(9-11-24-25)21-14(4-3-10-23-21)12-27-19-8-6-16(22)15-5-7-18(26)20(15)19/h3-4,6,8-11,13H,5,7,12H2,1-2H3. The largest absolute Gasteiger partial charge is 0.488 e. The monoisotopic (exact) mass is 365 g/mol. The number of ether oxygens (including phenoxy) is 1. The highest BCUT2D eigenvalue weighted by Crippen LogP contribution is 2.33. The third-order valence-electron chi connectivity index (χ3n) is 4.77. The Morgan fingerprint density at radius 1 is 1.19 bits per heavy atom. The summed E-state index contributed by atoms with van der Waals surface area (Å²) in [5.74, 6) is 0.0240. The Labute approximate surface area is 156 Å². The first-order valence-corrected chi connectivity index (χ1v) is 9.01. The number of nitrogens with zero attached hydrogens (tertiary/aromatic N) is 3. The number of rotatable bonds is 5. The van der Waals surface area contributed by atoms with Gasteiger partial charge in [0.15, 0.2) is 5.78 Å². The number of hydrogen-bond acceptors (Lipinski definition) is 4. The SMILES string of the molecule is CC(C)n1nccc1-c1ncccc1COc1ccc(F)c2c1C(=O)CC2. The quantitative estimate of drug-likeness (QED) is 0.674. The summed E-state index contributed by atoms with van der Waals surface area (Å²) in [5, 5.41) is 4.37. The lowest BCUT2D eigenvalue weighted by Gasteiger charge is -2.15. The molecule has 0 fully saturated rings. The van der Waals surface area contributed by atoms with Crippen LogP contribution in [0.5, 0.6) is 5.75 Å². The van der Waals surface area contributed by atoms with E-state index in [2.05, 4.69) is 23.9 Å². The smallest absolute Gasteiger partial charge is 0.167 e. The first-order chi connectivity index (χ1) is 13.1. The number of carbonyl (C=O) groups excluding carboxylic acids is 1. The highest BCUT2D eigenvalue weighted by molar-refractivity contribution is 6.02. The lowest BCUT2D eigenvalue weighted by Crippen LogP contribution is -2.08. The summed E-state index contributed by atoms with van der Waals surface area (Å²) in [6.07, 6.45) is 4.25. The van der Waals surface area contributed by atoms with Gasteiger partial charge in [-0.15, -0.1) is 0 Å². The van der Waals surface area contributed by atoms with Gasteiger partial charge in [-0.05, 0) is 44.5 Å². The molecule has 138 valence electrons. The molecule has 0 radical (unpaired) electrons. The van der Waals surface area contributed by atoms with Gasteiger partial charge in [0.1, 0.15) is 18.2 Å². The Hall–Kier alpha value is -3.02. The van der Waals surface area contributed by atoms with Crippen molar-refractivity contribution in [3.8, 4) is 17.1 Å². The van der Waals surface area contributed by atoms with E-state index in [0.29, 0.717) is 29.7 Å². The molecule has 0 unspecified atom stereocenters. The van der Waals surface area contributed by atoms with Crippen molar-refractivity contribution < 1.29 is 13.9 Å². The second-order valence-electron chi connectivity index (χ2n) is 6.88. The van der Waals surface area contributed by atoms with E-state index in [1.165, 1.54) is 12.1 Å². The van der Waals surface area contributed by atoms with E-state index < -0.39 is 0 Å². The lowest BCUT2D eigenvalue weighted by atomic mass is 10.1. The van der Waals surface area contributed by atoms with Gasteiger partial charge in [-0.1, -0.05) is 6.07 Å². The molecule has 4 rings (SSSR count). The Morgan fingerprint density at radius 3 is 2.85 bits per heavy atom. The van der Waals surface area contributed by atoms with Crippen LogP contribution in [0.2, 0.25) is 0 Å². The number of carbonyl (C=O) groups is 1. The van der Waals surface area contributed by atoms with E-state index in [9.17, 15) is 9.18 Å². The van der Waals surface area contributed by atoms with Crippen LogP contribution >= 0.6 is 0 Å². The second kappa shape index (κ2) is 6.95. The van der Waals surface area contributed by atoms with Crippen molar-refractivity contribution in [2.45, 2.75) is 39.3 Å². The fourth-order valence-electron chi connectivity index (χ4n) is 3.49. The van der Waals surface area contributed by atoms with Gasteiger partial charge in [0.25, 0.3) is 0 Å². The summed E-state index contributed by atoms with van der Waals surface area (Å²) >= 11 is 0. The van der Waals surface area contributed by atoms with Crippen LogP contribution in [-0.4, -0.2) is 20.5 Å². The average molecular weight is 365 g/mol. The molecular formula is C21H20FN3O2. The molecule has 0 spiro atoms. The van der Waals surface area contributed by atoms with Gasteiger partial charge < -0.3 is 4.74 Å². The summed E-state index contributed by atoms with van der Waals surface area (Å²) in [4.78, 5) is 16.7. The van der Waals surface area contributed by atoms with Gasteiger partial charge in [0.05, 0.1) is 17.0 Å². The minimum Gasteiger partial charge on any atom is -0.488 e. The summed E-state index contributed by atoms with van der Waals surface area (Å²) in [5.41, 5.74) is 3.41. The van der Waals surface area contributed by atoms with Crippen LogP contribution in [0, 0.1) is 5.82 Å². The topological polar surface area (TPSA) is 57.0 Å². The zero-order chi connectivity index (χ0) is 19.0. The van der Waals surface area contributed by atoms with Crippen LogP contribution < -0.4 is 4.74 Å². The molecule has 0 saturated heterocycles. The highest BCUT2D eigenvalue weighted by Gasteiger charge is 2.27. The third-order valence-corrected chi connectivity index (χ3v) is 4.77. The molecule has 1 aromatic carbocycles. The average Bonchev–Trinajstić information content (AvgIpc) is 3.29. The van der Waals surface area contributed by atoms with E-state index in [4.69, 9.17) is 4.74 Å². The van der Waals surface area contributed by atoms with Crippen molar-refractivity contribution in [1.29, 1.82) is 0 Å². The maximum absolute atomic E-state index is 13.9. The van der Waals surface area contributed by atoms with Crippen LogP contribution in [0.3, 0.4) is 0 Å². The molecule has 2 heterocycles. The van der Waals surface area contributed by atoms with E-state index in [-0.39, 0.29) is 24.2 Å². The minimum atomic E-state index is -0.342. The molecule has 1 aliphatic carbocycles. The van der Waals surface area contributed by atoms with Crippen molar-refractivity contribution in [3.63, 3.8) is 0 Å². The van der Waals surface area contributed by atoms with Crippen molar-refractivity contribution in [2.75, 3.05) is 0 Å². The van der Waals surface area contributed by atoms with Gasteiger partial charge in [-0.25, -0.2) is 4.39 Å². The van der Waals surface area contributed by atoms with Gasteiger partial charge in [-0.3, -0.25) is 14.5 Å². The Balaban J connectivity index is 1.65. The summed E-state index contributed by atoms with van der Waals surface area (Å²) in [6, 6.07) is 8.80. The van der Waals surface area contributed by atoms with Gasteiger partial charge in [0, 0.05) is 36.0 Å². The van der Waals surface area contributed by atoms with Crippen molar-refractivity contribution in [2.24, 2.45) is 0 Å². The highest BCUT2D eigenvalue weighted by atomic mass is 19.1. The molecule has 2 aromatic heterocycles. The van der Waals surface area contributed by atoms with E-state index in [1.807, 2.05) is 22.9 Å². The Morgan fingerprint density at radius 2 is 2.04 bits per heavy atom. The molecule has 5 nitrogen and oxygen atoms in total.